The first-order valence-electron chi connectivity index (χ1n) is 8.11. The van der Waals surface area contributed by atoms with Crippen molar-refractivity contribution in [2.45, 2.75) is 24.2 Å². The molecule has 0 radical (unpaired) electrons. The van der Waals surface area contributed by atoms with Crippen molar-refractivity contribution >= 4 is 27.3 Å². The van der Waals surface area contributed by atoms with Crippen molar-refractivity contribution in [3.8, 4) is 5.75 Å². The van der Waals surface area contributed by atoms with Crippen molar-refractivity contribution < 1.29 is 17.9 Å². The summed E-state index contributed by atoms with van der Waals surface area (Å²) in [6, 6.07) is 10.3. The number of hydrogen-bond donors (Lipinski definition) is 1. The molecular weight excluding hydrogens is 340 g/mol. The molecule has 0 atom stereocenters. The maximum atomic E-state index is 13.2. The van der Waals surface area contributed by atoms with Gasteiger partial charge in [0.25, 0.3) is 10.0 Å². The molecule has 0 spiro atoms. The first-order chi connectivity index (χ1) is 12.0. The lowest BCUT2D eigenvalue weighted by molar-refractivity contribution is -0.115. The van der Waals surface area contributed by atoms with Crippen LogP contribution >= 0.6 is 0 Å². The van der Waals surface area contributed by atoms with Crippen LogP contribution < -0.4 is 14.4 Å². The van der Waals surface area contributed by atoms with Crippen LogP contribution in [-0.2, 0) is 27.7 Å². The molecule has 0 aliphatic carbocycles. The van der Waals surface area contributed by atoms with Crippen molar-refractivity contribution in [2.24, 2.45) is 0 Å². The average Bonchev–Trinajstić information content (AvgIpc) is 2.99. The van der Waals surface area contributed by atoms with Gasteiger partial charge >= 0.3 is 0 Å². The van der Waals surface area contributed by atoms with Gasteiger partial charge in [0.05, 0.1) is 24.1 Å². The molecule has 2 aliphatic rings. The van der Waals surface area contributed by atoms with Gasteiger partial charge < -0.3 is 10.1 Å². The van der Waals surface area contributed by atoms with Gasteiger partial charge in [-0.25, -0.2) is 8.42 Å². The normalized spacial score (nSPS) is 16.2. The minimum Gasteiger partial charge on any atom is -0.497 e. The molecule has 2 aromatic rings. The van der Waals surface area contributed by atoms with Gasteiger partial charge in [-0.05, 0) is 60.4 Å². The van der Waals surface area contributed by atoms with Gasteiger partial charge in [-0.3, -0.25) is 9.10 Å². The molecule has 2 heterocycles. The number of nitrogens with one attached hydrogen (secondary N) is 1. The van der Waals surface area contributed by atoms with Gasteiger partial charge in [-0.2, -0.15) is 0 Å². The second kappa shape index (κ2) is 5.77. The number of anilines is 2. The minimum absolute atomic E-state index is 0.111. The number of carbonyl (C=O) groups excluding carboxylic acids is 1. The number of methoxy groups -OCH3 is 1. The number of amides is 1. The number of carbonyl (C=O) groups is 1. The van der Waals surface area contributed by atoms with E-state index in [-0.39, 0.29) is 17.2 Å². The largest absolute Gasteiger partial charge is 0.497 e. The third-order valence-corrected chi connectivity index (χ3v) is 6.46. The van der Waals surface area contributed by atoms with Crippen molar-refractivity contribution in [3.05, 3.63) is 47.5 Å². The number of fused-ring (bicyclic) bond motifs is 2. The second-order valence-electron chi connectivity index (χ2n) is 6.22. The lowest BCUT2D eigenvalue weighted by Crippen LogP contribution is -2.35. The number of nitrogens with zero attached hydrogens (tertiary/aromatic N) is 1. The van der Waals surface area contributed by atoms with Crippen LogP contribution in [0.1, 0.15) is 17.5 Å². The Labute approximate surface area is 146 Å². The molecular formula is C18H18N2O4S. The fraction of sp³-hybridized carbons (Fsp3) is 0.278. The zero-order chi connectivity index (χ0) is 17.6. The van der Waals surface area contributed by atoms with Crippen molar-refractivity contribution in [3.63, 3.8) is 0 Å². The lowest BCUT2D eigenvalue weighted by atomic mass is 10.0. The average molecular weight is 358 g/mol. The summed E-state index contributed by atoms with van der Waals surface area (Å²) in [7, 11) is -2.08. The highest BCUT2D eigenvalue weighted by Crippen LogP contribution is 2.35. The number of benzene rings is 2. The highest BCUT2D eigenvalue weighted by Gasteiger charge is 2.30. The molecule has 4 rings (SSSR count). The molecule has 2 aromatic carbocycles. The molecule has 0 unspecified atom stereocenters. The summed E-state index contributed by atoms with van der Waals surface area (Å²) in [5.74, 6) is 0.611. The van der Waals surface area contributed by atoms with Crippen molar-refractivity contribution in [1.82, 2.24) is 0 Å². The summed E-state index contributed by atoms with van der Waals surface area (Å²) < 4.78 is 33.0. The molecule has 2 aliphatic heterocycles. The number of hydrogen-bond acceptors (Lipinski definition) is 4. The highest BCUT2D eigenvalue weighted by molar-refractivity contribution is 7.92. The quantitative estimate of drug-likeness (QED) is 0.914. The first kappa shape index (κ1) is 16.0. The van der Waals surface area contributed by atoms with Crippen LogP contribution in [0.4, 0.5) is 11.4 Å². The minimum atomic E-state index is -3.68. The van der Waals surface area contributed by atoms with E-state index in [4.69, 9.17) is 4.74 Å². The van der Waals surface area contributed by atoms with E-state index in [1.54, 1.807) is 37.4 Å². The Morgan fingerprint density at radius 2 is 1.96 bits per heavy atom. The Kier molecular flexibility index (Phi) is 3.68. The van der Waals surface area contributed by atoms with E-state index in [2.05, 4.69) is 5.32 Å². The van der Waals surface area contributed by atoms with Crippen LogP contribution in [0.15, 0.2) is 41.3 Å². The lowest BCUT2D eigenvalue weighted by Gasteiger charge is -2.30. The van der Waals surface area contributed by atoms with Crippen molar-refractivity contribution in [2.75, 3.05) is 23.3 Å². The fourth-order valence-electron chi connectivity index (χ4n) is 3.41. The van der Waals surface area contributed by atoms with E-state index in [0.29, 0.717) is 17.9 Å². The Balaban J connectivity index is 1.75. The predicted octanol–water partition coefficient (Wildman–Crippen LogP) is 2.33. The van der Waals surface area contributed by atoms with E-state index in [1.165, 1.54) is 4.31 Å². The fourth-order valence-corrected chi connectivity index (χ4v) is 5.00. The summed E-state index contributed by atoms with van der Waals surface area (Å²) in [5.41, 5.74) is 3.07. The van der Waals surface area contributed by atoms with Crippen LogP contribution in [0.5, 0.6) is 5.75 Å². The van der Waals surface area contributed by atoms with Gasteiger partial charge in [0.2, 0.25) is 5.91 Å². The number of rotatable bonds is 3. The predicted molar refractivity (Wildman–Crippen MR) is 94.6 cm³/mol. The molecule has 6 nitrogen and oxygen atoms in total. The van der Waals surface area contributed by atoms with Crippen LogP contribution in [-0.4, -0.2) is 28.0 Å². The Bertz CT molecular complexity index is 969. The molecule has 0 saturated carbocycles. The van der Waals surface area contributed by atoms with E-state index in [1.807, 2.05) is 6.07 Å². The van der Waals surface area contributed by atoms with E-state index in [9.17, 15) is 13.2 Å². The molecule has 1 N–H and O–H groups in total. The monoisotopic (exact) mass is 358 g/mol. The molecule has 25 heavy (non-hydrogen) atoms. The first-order valence-corrected chi connectivity index (χ1v) is 9.55. The van der Waals surface area contributed by atoms with Crippen molar-refractivity contribution in [1.29, 1.82) is 0 Å². The Morgan fingerprint density at radius 3 is 2.76 bits per heavy atom. The standard InChI is InChI=1S/C18H18N2O4S/c1-24-14-4-7-17-12(9-14)3-2-8-20(17)25(22,23)15-5-6-16-13(10-15)11-18(21)19-16/h4-7,9-10H,2-3,8,11H2,1H3,(H,19,21). The van der Waals surface area contributed by atoms with Gasteiger partial charge in [0.1, 0.15) is 5.75 Å². The molecule has 0 aromatic heterocycles. The van der Waals surface area contributed by atoms with Crippen LogP contribution in [0.25, 0.3) is 0 Å². The number of aryl methyl sites for hydroxylation is 1. The van der Waals surface area contributed by atoms with E-state index >= 15 is 0 Å². The van der Waals surface area contributed by atoms with Crippen LogP contribution in [0.3, 0.4) is 0 Å². The third kappa shape index (κ3) is 2.64. The van der Waals surface area contributed by atoms with E-state index in [0.717, 1.165) is 29.7 Å². The zero-order valence-electron chi connectivity index (χ0n) is 13.8. The maximum Gasteiger partial charge on any atom is 0.264 e. The summed E-state index contributed by atoms with van der Waals surface area (Å²) in [6.07, 6.45) is 1.79. The molecule has 7 heteroatoms. The van der Waals surface area contributed by atoms with Gasteiger partial charge in [0, 0.05) is 12.2 Å². The van der Waals surface area contributed by atoms with Gasteiger partial charge in [-0.15, -0.1) is 0 Å². The van der Waals surface area contributed by atoms with E-state index < -0.39 is 10.0 Å². The Morgan fingerprint density at radius 1 is 1.12 bits per heavy atom. The molecule has 0 fully saturated rings. The SMILES string of the molecule is COc1ccc2c(c1)CCCN2S(=O)(=O)c1ccc2c(c1)CC(=O)N2. The third-order valence-electron chi connectivity index (χ3n) is 4.65. The van der Waals surface area contributed by atoms with Crippen LogP contribution in [0, 0.1) is 0 Å². The number of sulfonamides is 1. The van der Waals surface area contributed by atoms with Gasteiger partial charge in [0.15, 0.2) is 0 Å². The molecule has 130 valence electrons. The molecule has 1 amide bonds. The summed E-state index contributed by atoms with van der Waals surface area (Å²) in [4.78, 5) is 11.7. The molecule has 0 bridgehead atoms. The highest BCUT2D eigenvalue weighted by atomic mass is 32.2. The Hall–Kier alpha value is -2.54. The summed E-state index contributed by atoms with van der Waals surface area (Å²) in [5, 5.41) is 2.72. The van der Waals surface area contributed by atoms with Gasteiger partial charge in [-0.1, -0.05) is 0 Å². The molecule has 0 saturated heterocycles. The summed E-state index contributed by atoms with van der Waals surface area (Å²) >= 11 is 0. The smallest absolute Gasteiger partial charge is 0.264 e. The number of ether oxygens (including phenoxy) is 1. The second-order valence-corrected chi connectivity index (χ2v) is 8.08. The summed E-state index contributed by atoms with van der Waals surface area (Å²) in [6.45, 7) is 0.440. The zero-order valence-corrected chi connectivity index (χ0v) is 14.6. The topological polar surface area (TPSA) is 75.7 Å². The maximum absolute atomic E-state index is 13.2. The van der Waals surface area contributed by atoms with Crippen LogP contribution in [0.2, 0.25) is 0 Å².